The van der Waals surface area contributed by atoms with Crippen LogP contribution in [-0.2, 0) is 4.84 Å². The Morgan fingerprint density at radius 3 is 2.63 bits per heavy atom. The predicted octanol–water partition coefficient (Wildman–Crippen LogP) is 5.84. The molecule has 3 nitrogen and oxygen atoms in total. The second kappa shape index (κ2) is 7.00. The lowest BCUT2D eigenvalue weighted by molar-refractivity contribution is 0.141. The molecular weight excluding hydrogens is 334 g/mol. The van der Waals surface area contributed by atoms with E-state index in [0.29, 0.717) is 17.4 Å². The molecule has 4 atom stereocenters. The molecule has 0 aromatic heterocycles. The van der Waals surface area contributed by atoms with E-state index < -0.39 is 0 Å². The van der Waals surface area contributed by atoms with Crippen LogP contribution < -0.4 is 4.74 Å². The van der Waals surface area contributed by atoms with Crippen LogP contribution in [0.2, 0.25) is 0 Å². The molecule has 1 aromatic carbocycles. The van der Waals surface area contributed by atoms with E-state index in [0.717, 1.165) is 29.1 Å². The molecule has 0 unspecified atom stereocenters. The van der Waals surface area contributed by atoms with Crippen LogP contribution in [0.4, 0.5) is 0 Å². The highest BCUT2D eigenvalue weighted by atomic mass is 16.6. The summed E-state index contributed by atoms with van der Waals surface area (Å²) in [6, 6.07) is 7.83. The molecule has 4 bridgehead atoms. The first-order valence-corrected chi connectivity index (χ1v) is 10.5. The number of oxime groups is 1. The average molecular weight is 368 g/mol. The first kappa shape index (κ1) is 18.6. The molecule has 0 spiro atoms. The summed E-state index contributed by atoms with van der Waals surface area (Å²) in [6.07, 6.45) is 11.0. The first-order chi connectivity index (χ1) is 13.0. The number of ether oxygens (including phenoxy) is 1. The third-order valence-corrected chi connectivity index (χ3v) is 7.72. The van der Waals surface area contributed by atoms with Crippen LogP contribution in [0.3, 0.4) is 0 Å². The maximum atomic E-state index is 5.60. The van der Waals surface area contributed by atoms with Crippen molar-refractivity contribution in [1.82, 2.24) is 0 Å². The Bertz CT molecular complexity index is 733. The van der Waals surface area contributed by atoms with E-state index in [1.807, 2.05) is 24.3 Å². The number of rotatable bonds is 5. The molecule has 0 radical (unpaired) electrons. The fraction of sp³-hybridized carbons (Fsp3) is 0.625. The third-order valence-electron chi connectivity index (χ3n) is 7.72. The van der Waals surface area contributed by atoms with E-state index in [-0.39, 0.29) is 0 Å². The fourth-order valence-electron chi connectivity index (χ4n) is 6.54. The van der Waals surface area contributed by atoms with Crippen LogP contribution in [0.25, 0.3) is 0 Å². The molecule has 0 saturated heterocycles. The van der Waals surface area contributed by atoms with Crippen LogP contribution in [0.15, 0.2) is 41.1 Å². The maximum Gasteiger partial charge on any atom is 0.135 e. The Kier molecular flexibility index (Phi) is 4.82. The lowest BCUT2D eigenvalue weighted by atomic mass is 9.68. The van der Waals surface area contributed by atoms with E-state index in [9.17, 15) is 0 Å². The minimum absolute atomic E-state index is 0.393. The summed E-state index contributed by atoms with van der Waals surface area (Å²) in [5.41, 5.74) is 3.57. The second-order valence-electron chi connectivity index (χ2n) is 9.54. The van der Waals surface area contributed by atoms with E-state index in [4.69, 9.17) is 9.57 Å². The molecule has 3 aliphatic carbocycles. The molecule has 0 N–H and O–H groups in total. The Labute approximate surface area is 163 Å². The summed E-state index contributed by atoms with van der Waals surface area (Å²) in [6.45, 7) is 8.12. The van der Waals surface area contributed by atoms with Gasteiger partial charge in [-0.25, -0.2) is 0 Å². The summed E-state index contributed by atoms with van der Waals surface area (Å²) >= 11 is 0. The zero-order chi connectivity index (χ0) is 19.1. The zero-order valence-corrected chi connectivity index (χ0v) is 17.2. The third kappa shape index (κ3) is 3.19. The number of methoxy groups -OCH3 is 1. The summed E-state index contributed by atoms with van der Waals surface area (Å²) in [4.78, 5) is 5.60. The van der Waals surface area contributed by atoms with Gasteiger partial charge in [0.1, 0.15) is 12.4 Å². The summed E-state index contributed by atoms with van der Waals surface area (Å²) in [5, 5.41) is 4.17. The summed E-state index contributed by atoms with van der Waals surface area (Å²) in [5.74, 6) is 3.35. The molecule has 0 amide bonds. The van der Waals surface area contributed by atoms with Crippen molar-refractivity contribution in [3.05, 3.63) is 41.5 Å². The number of nitrogens with zero attached hydrogens (tertiary/aromatic N) is 1. The van der Waals surface area contributed by atoms with E-state index >= 15 is 0 Å². The van der Waals surface area contributed by atoms with Crippen molar-refractivity contribution >= 4 is 6.21 Å². The van der Waals surface area contributed by atoms with Gasteiger partial charge in [0.05, 0.1) is 13.3 Å². The SMILES string of the molecule is COc1ccc(/C=N/OC/C=C2/[C@H]3CC[C@@H]4[C@@H]3C(C)(C)CCC[C@]24C)cc1. The first-order valence-electron chi connectivity index (χ1n) is 10.5. The highest BCUT2D eigenvalue weighted by Gasteiger charge is 2.62. The van der Waals surface area contributed by atoms with Crippen LogP contribution in [0.1, 0.15) is 58.4 Å². The molecule has 3 saturated carbocycles. The molecule has 3 fully saturated rings. The van der Waals surface area contributed by atoms with Gasteiger partial charge in [0.15, 0.2) is 0 Å². The molecule has 146 valence electrons. The molecule has 27 heavy (non-hydrogen) atoms. The molecule has 3 aliphatic rings. The van der Waals surface area contributed by atoms with Crippen LogP contribution >= 0.6 is 0 Å². The largest absolute Gasteiger partial charge is 0.497 e. The van der Waals surface area contributed by atoms with Crippen molar-refractivity contribution in [3.63, 3.8) is 0 Å². The average Bonchev–Trinajstić information content (AvgIpc) is 3.15. The monoisotopic (exact) mass is 367 g/mol. The van der Waals surface area contributed by atoms with Crippen molar-refractivity contribution in [2.24, 2.45) is 33.7 Å². The van der Waals surface area contributed by atoms with Gasteiger partial charge in [-0.3, -0.25) is 0 Å². The molecule has 3 heteroatoms. The van der Waals surface area contributed by atoms with Crippen LogP contribution in [0.5, 0.6) is 5.75 Å². The smallest absolute Gasteiger partial charge is 0.135 e. The van der Waals surface area contributed by atoms with Crippen molar-refractivity contribution in [2.75, 3.05) is 13.7 Å². The topological polar surface area (TPSA) is 30.8 Å². The van der Waals surface area contributed by atoms with Crippen molar-refractivity contribution in [2.45, 2.75) is 52.9 Å². The highest BCUT2D eigenvalue weighted by molar-refractivity contribution is 5.79. The molecule has 1 aromatic rings. The normalized spacial score (nSPS) is 35.6. The Morgan fingerprint density at radius 1 is 1.11 bits per heavy atom. The van der Waals surface area contributed by atoms with Gasteiger partial charge in [0.2, 0.25) is 0 Å². The van der Waals surface area contributed by atoms with Gasteiger partial charge < -0.3 is 9.57 Å². The highest BCUT2D eigenvalue weighted by Crippen LogP contribution is 2.70. The Balaban J connectivity index is 1.42. The molecule has 4 rings (SSSR count). The number of allylic oxidation sites excluding steroid dienone is 1. The minimum atomic E-state index is 0.393. The summed E-state index contributed by atoms with van der Waals surface area (Å²) in [7, 11) is 1.67. The van der Waals surface area contributed by atoms with Gasteiger partial charge in [-0.1, -0.05) is 37.9 Å². The molecular formula is C24H33NO2. The second-order valence-corrected chi connectivity index (χ2v) is 9.54. The lowest BCUT2D eigenvalue weighted by Crippen LogP contribution is -2.28. The van der Waals surface area contributed by atoms with Gasteiger partial charge in [-0.15, -0.1) is 0 Å². The number of benzene rings is 1. The maximum absolute atomic E-state index is 5.60. The Morgan fingerprint density at radius 2 is 1.89 bits per heavy atom. The number of hydrogen-bond acceptors (Lipinski definition) is 3. The van der Waals surface area contributed by atoms with Crippen molar-refractivity contribution < 1.29 is 9.57 Å². The van der Waals surface area contributed by atoms with Crippen molar-refractivity contribution in [1.29, 1.82) is 0 Å². The van der Waals surface area contributed by atoms with Gasteiger partial charge >= 0.3 is 0 Å². The molecule has 0 aliphatic heterocycles. The predicted molar refractivity (Wildman–Crippen MR) is 110 cm³/mol. The standard InChI is InChI=1S/C24H33NO2/c1-23(2)13-5-14-24(3)20(19-10-11-21(24)22(19)23)12-15-27-25-16-17-6-8-18(26-4)9-7-17/h6-9,12,16,19,21-22H,5,10-11,13-15H2,1-4H3/b20-12-,25-16+/t19-,21-,22-,24-/m1/s1. The van der Waals surface area contributed by atoms with Gasteiger partial charge in [0.25, 0.3) is 0 Å². The quantitative estimate of drug-likeness (QED) is 0.283. The van der Waals surface area contributed by atoms with Gasteiger partial charge in [-0.05, 0) is 90.2 Å². The van der Waals surface area contributed by atoms with Crippen molar-refractivity contribution in [3.8, 4) is 5.75 Å². The summed E-state index contributed by atoms with van der Waals surface area (Å²) < 4.78 is 5.18. The van der Waals surface area contributed by atoms with E-state index in [2.05, 4.69) is 32.0 Å². The molecule has 0 heterocycles. The fourth-order valence-corrected chi connectivity index (χ4v) is 6.54. The van der Waals surface area contributed by atoms with Crippen LogP contribution in [0, 0.1) is 28.6 Å². The zero-order valence-electron chi connectivity index (χ0n) is 17.2. The van der Waals surface area contributed by atoms with E-state index in [1.54, 1.807) is 18.9 Å². The van der Waals surface area contributed by atoms with Gasteiger partial charge in [-0.2, -0.15) is 0 Å². The Hall–Kier alpha value is -1.77. The van der Waals surface area contributed by atoms with Gasteiger partial charge in [0, 0.05) is 0 Å². The number of hydrogen-bond donors (Lipinski definition) is 0. The van der Waals surface area contributed by atoms with E-state index in [1.165, 1.54) is 32.1 Å². The minimum Gasteiger partial charge on any atom is -0.497 e. The lowest BCUT2D eigenvalue weighted by Gasteiger charge is -2.36. The van der Waals surface area contributed by atoms with Crippen LogP contribution in [-0.4, -0.2) is 19.9 Å².